The van der Waals surface area contributed by atoms with E-state index >= 15 is 0 Å². The summed E-state index contributed by atoms with van der Waals surface area (Å²) in [4.78, 5) is 24.1. The van der Waals surface area contributed by atoms with Gasteiger partial charge in [0.2, 0.25) is 5.78 Å². The van der Waals surface area contributed by atoms with Crippen molar-refractivity contribution in [1.29, 1.82) is 0 Å². The van der Waals surface area contributed by atoms with E-state index in [9.17, 15) is 9.59 Å². The quantitative estimate of drug-likeness (QED) is 0.372. The summed E-state index contributed by atoms with van der Waals surface area (Å²) in [6.07, 6.45) is 1.72. The minimum absolute atomic E-state index is 0.155. The molecule has 0 unspecified atom stereocenters. The Bertz CT molecular complexity index is 1130. The van der Waals surface area contributed by atoms with E-state index in [2.05, 4.69) is 20.7 Å². The number of halogens is 1. The number of fused-ring (bicyclic) bond motifs is 1. The molecule has 3 aromatic carbocycles. The Balaban J connectivity index is 1.45. The van der Waals surface area contributed by atoms with Crippen LogP contribution in [0.1, 0.15) is 31.8 Å². The van der Waals surface area contributed by atoms with Gasteiger partial charge in [-0.3, -0.25) is 4.79 Å². The van der Waals surface area contributed by atoms with Crippen LogP contribution in [-0.4, -0.2) is 18.9 Å². The minimum Gasteiger partial charge on any atom is -0.489 e. The van der Waals surface area contributed by atoms with Crippen LogP contribution in [0.15, 0.2) is 77.0 Å². The van der Waals surface area contributed by atoms with Gasteiger partial charge in [0.1, 0.15) is 18.1 Å². The zero-order valence-electron chi connectivity index (χ0n) is 16.1. The molecular weight excluding hydrogens is 448 g/mol. The molecule has 1 aliphatic rings. The van der Waals surface area contributed by atoms with Gasteiger partial charge in [-0.2, -0.15) is 0 Å². The maximum atomic E-state index is 12.6. The number of carbonyl (C=O) groups is 2. The summed E-state index contributed by atoms with van der Waals surface area (Å²) in [6, 6.07) is 19.7. The number of methoxy groups -OCH3 is 1. The van der Waals surface area contributed by atoms with Gasteiger partial charge in [-0.05, 0) is 53.6 Å². The third-order valence-corrected chi connectivity index (χ3v) is 5.12. The highest BCUT2D eigenvalue weighted by Gasteiger charge is 2.27. The number of rotatable bonds is 5. The van der Waals surface area contributed by atoms with Gasteiger partial charge in [0.15, 0.2) is 5.76 Å². The first kappa shape index (κ1) is 19.9. The number of carbonyl (C=O) groups excluding carboxylic acids is 2. The van der Waals surface area contributed by atoms with Gasteiger partial charge in [-0.25, -0.2) is 4.79 Å². The molecule has 1 heterocycles. The Hall–Kier alpha value is -3.38. The van der Waals surface area contributed by atoms with Gasteiger partial charge in [-0.15, -0.1) is 0 Å². The molecule has 0 N–H and O–H groups in total. The van der Waals surface area contributed by atoms with E-state index in [1.54, 1.807) is 48.5 Å². The molecule has 3 aromatic rings. The van der Waals surface area contributed by atoms with Crippen LogP contribution in [0.3, 0.4) is 0 Å². The zero-order chi connectivity index (χ0) is 21.1. The number of Topliss-reactive ketones (excluding diaryl/α,β-unsaturated/α-hetero) is 1. The average molecular weight is 465 g/mol. The Morgan fingerprint density at radius 3 is 2.47 bits per heavy atom. The summed E-state index contributed by atoms with van der Waals surface area (Å²) >= 11 is 3.39. The Labute approximate surface area is 182 Å². The second kappa shape index (κ2) is 8.55. The summed E-state index contributed by atoms with van der Waals surface area (Å²) in [5, 5.41) is 0. The summed E-state index contributed by atoms with van der Waals surface area (Å²) in [5.74, 6) is 0.807. The van der Waals surface area contributed by atoms with E-state index in [1.807, 2.05) is 24.3 Å². The summed E-state index contributed by atoms with van der Waals surface area (Å²) in [6.45, 7) is 0.315. The van der Waals surface area contributed by atoms with E-state index in [0.717, 1.165) is 15.6 Å². The monoisotopic (exact) mass is 464 g/mol. The maximum Gasteiger partial charge on any atom is 0.337 e. The lowest BCUT2D eigenvalue weighted by molar-refractivity contribution is 0.0600. The van der Waals surface area contributed by atoms with Crippen molar-refractivity contribution in [1.82, 2.24) is 0 Å². The second-order valence-corrected chi connectivity index (χ2v) is 7.54. The van der Waals surface area contributed by atoms with E-state index in [1.165, 1.54) is 7.11 Å². The van der Waals surface area contributed by atoms with E-state index in [-0.39, 0.29) is 17.5 Å². The minimum atomic E-state index is -0.380. The molecule has 0 aromatic heterocycles. The van der Waals surface area contributed by atoms with Crippen molar-refractivity contribution in [3.63, 3.8) is 0 Å². The first-order valence-corrected chi connectivity index (χ1v) is 9.97. The van der Waals surface area contributed by atoms with Crippen molar-refractivity contribution in [2.75, 3.05) is 7.11 Å². The van der Waals surface area contributed by atoms with Crippen LogP contribution in [0.25, 0.3) is 6.08 Å². The Morgan fingerprint density at radius 2 is 1.77 bits per heavy atom. The highest BCUT2D eigenvalue weighted by molar-refractivity contribution is 9.10. The van der Waals surface area contributed by atoms with Crippen LogP contribution in [0.5, 0.6) is 11.5 Å². The summed E-state index contributed by atoms with van der Waals surface area (Å²) in [5.41, 5.74) is 2.76. The van der Waals surface area contributed by atoms with Crippen LogP contribution in [-0.2, 0) is 11.3 Å². The number of hydrogen-bond acceptors (Lipinski definition) is 5. The number of hydrogen-bond donors (Lipinski definition) is 0. The number of ether oxygens (including phenoxy) is 3. The van der Waals surface area contributed by atoms with Crippen molar-refractivity contribution in [2.45, 2.75) is 6.61 Å². The molecule has 6 heteroatoms. The molecular formula is C24H17BrO5. The van der Waals surface area contributed by atoms with Gasteiger partial charge >= 0.3 is 5.97 Å². The fourth-order valence-corrected chi connectivity index (χ4v) is 3.25. The lowest BCUT2D eigenvalue weighted by Gasteiger charge is -2.08. The molecule has 0 amide bonds. The van der Waals surface area contributed by atoms with E-state index < -0.39 is 0 Å². The second-order valence-electron chi connectivity index (χ2n) is 6.63. The molecule has 150 valence electrons. The molecule has 0 fully saturated rings. The normalized spacial score (nSPS) is 13.7. The first-order valence-electron chi connectivity index (χ1n) is 9.17. The summed E-state index contributed by atoms with van der Waals surface area (Å²) in [7, 11) is 1.35. The third kappa shape index (κ3) is 4.28. The van der Waals surface area contributed by atoms with Gasteiger partial charge in [0, 0.05) is 10.5 Å². The van der Waals surface area contributed by atoms with Gasteiger partial charge in [0.05, 0.1) is 18.2 Å². The van der Waals surface area contributed by atoms with Crippen molar-refractivity contribution in [3.05, 3.63) is 99.2 Å². The number of allylic oxidation sites excluding steroid dienone is 1. The third-order valence-electron chi connectivity index (χ3n) is 4.59. The molecule has 0 aliphatic carbocycles. The fourth-order valence-electron chi connectivity index (χ4n) is 2.99. The number of esters is 1. The lowest BCUT2D eigenvalue weighted by Crippen LogP contribution is -2.02. The van der Waals surface area contributed by atoms with Crippen molar-refractivity contribution in [3.8, 4) is 11.5 Å². The SMILES string of the molecule is COC(=O)c1ccc(COc2ccc3c(c2)O/C(=C\c2ccc(Br)cc2)C3=O)cc1. The van der Waals surface area contributed by atoms with Crippen LogP contribution in [0.2, 0.25) is 0 Å². The number of ketones is 1. The molecule has 0 atom stereocenters. The van der Waals surface area contributed by atoms with Gasteiger partial charge in [-0.1, -0.05) is 40.2 Å². The van der Waals surface area contributed by atoms with Crippen LogP contribution < -0.4 is 9.47 Å². The molecule has 0 radical (unpaired) electrons. The highest BCUT2D eigenvalue weighted by Crippen LogP contribution is 2.35. The van der Waals surface area contributed by atoms with Crippen LogP contribution in [0, 0.1) is 0 Å². The highest BCUT2D eigenvalue weighted by atomic mass is 79.9. The van der Waals surface area contributed by atoms with Crippen molar-refractivity contribution in [2.24, 2.45) is 0 Å². The smallest absolute Gasteiger partial charge is 0.337 e. The van der Waals surface area contributed by atoms with E-state index in [4.69, 9.17) is 9.47 Å². The average Bonchev–Trinajstić information content (AvgIpc) is 3.08. The van der Waals surface area contributed by atoms with Gasteiger partial charge in [0.25, 0.3) is 0 Å². The molecule has 0 saturated heterocycles. The molecule has 4 rings (SSSR count). The number of benzene rings is 3. The van der Waals surface area contributed by atoms with E-state index in [0.29, 0.717) is 29.2 Å². The molecule has 0 spiro atoms. The van der Waals surface area contributed by atoms with Gasteiger partial charge < -0.3 is 14.2 Å². The standard InChI is InChI=1S/C24H17BrO5/c1-28-24(27)17-6-2-16(3-7-17)14-29-19-10-11-20-21(13-19)30-22(23(20)26)12-15-4-8-18(25)9-5-15/h2-13H,14H2,1H3/b22-12-. The van der Waals surface area contributed by atoms with Crippen LogP contribution in [0.4, 0.5) is 0 Å². The van der Waals surface area contributed by atoms with Crippen molar-refractivity contribution >= 4 is 33.8 Å². The predicted octanol–water partition coefficient (Wildman–Crippen LogP) is 5.43. The van der Waals surface area contributed by atoms with Crippen molar-refractivity contribution < 1.29 is 23.8 Å². The molecule has 1 aliphatic heterocycles. The fraction of sp³-hybridized carbons (Fsp3) is 0.0833. The molecule has 0 bridgehead atoms. The molecule has 0 saturated carbocycles. The topological polar surface area (TPSA) is 61.8 Å². The summed E-state index contributed by atoms with van der Waals surface area (Å²) < 4.78 is 17.2. The Morgan fingerprint density at radius 1 is 1.03 bits per heavy atom. The first-order chi connectivity index (χ1) is 14.5. The predicted molar refractivity (Wildman–Crippen MR) is 116 cm³/mol. The maximum absolute atomic E-state index is 12.6. The van der Waals surface area contributed by atoms with Crippen LogP contribution >= 0.6 is 15.9 Å². The molecule has 5 nitrogen and oxygen atoms in total. The Kier molecular flexibility index (Phi) is 5.68. The molecule has 30 heavy (non-hydrogen) atoms. The zero-order valence-corrected chi connectivity index (χ0v) is 17.6. The lowest BCUT2D eigenvalue weighted by atomic mass is 10.1. The largest absolute Gasteiger partial charge is 0.489 e.